The Hall–Kier alpha value is -1.23. The average molecular weight is 286 g/mol. The van der Waals surface area contributed by atoms with Crippen molar-refractivity contribution < 1.29 is 15.0 Å². The van der Waals surface area contributed by atoms with Crippen LogP contribution in [0.4, 0.5) is 0 Å². The Morgan fingerprint density at radius 3 is 2.62 bits per heavy atom. The number of nitrogens with one attached hydrogen (secondary N) is 1. The Morgan fingerprint density at radius 2 is 2.12 bits per heavy atom. The van der Waals surface area contributed by atoms with E-state index in [1.165, 1.54) is 12.1 Å². The molecule has 86 valence electrons. The zero-order valence-corrected chi connectivity index (χ0v) is 10.1. The van der Waals surface area contributed by atoms with Crippen molar-refractivity contribution >= 4 is 21.8 Å². The second kappa shape index (κ2) is 3.97. The summed E-state index contributed by atoms with van der Waals surface area (Å²) < 4.78 is 0. The van der Waals surface area contributed by atoms with Gasteiger partial charge >= 0.3 is 0 Å². The average Bonchev–Trinajstić information content (AvgIpc) is 2.98. The van der Waals surface area contributed by atoms with Gasteiger partial charge in [-0.05, 0) is 25.0 Å². The molecule has 1 aliphatic carbocycles. The molecule has 0 unspecified atom stereocenters. The Morgan fingerprint density at radius 1 is 1.44 bits per heavy atom. The first-order valence-corrected chi connectivity index (χ1v) is 6.09. The molecule has 16 heavy (non-hydrogen) atoms. The quantitative estimate of drug-likeness (QED) is 0.741. The molecule has 2 rings (SSSR count). The Bertz CT molecular complexity index is 429. The van der Waals surface area contributed by atoms with Crippen LogP contribution in [0.15, 0.2) is 18.2 Å². The van der Waals surface area contributed by atoms with Crippen LogP contribution < -0.4 is 5.32 Å². The van der Waals surface area contributed by atoms with Crippen LogP contribution in [-0.4, -0.2) is 27.0 Å². The third-order valence-electron chi connectivity index (χ3n) is 2.71. The van der Waals surface area contributed by atoms with Crippen LogP contribution in [0.1, 0.15) is 23.2 Å². The number of phenols is 2. The summed E-state index contributed by atoms with van der Waals surface area (Å²) in [5.41, 5.74) is 0.0338. The van der Waals surface area contributed by atoms with Crippen molar-refractivity contribution in [1.29, 1.82) is 0 Å². The maximum Gasteiger partial charge on any atom is 0.255 e. The lowest BCUT2D eigenvalue weighted by Crippen LogP contribution is -2.38. The van der Waals surface area contributed by atoms with E-state index in [4.69, 9.17) is 5.11 Å². The molecule has 1 aromatic rings. The number of hydrogen-bond donors (Lipinski definition) is 3. The monoisotopic (exact) mass is 285 g/mol. The predicted octanol–water partition coefficient (Wildman–Crippen LogP) is 1.76. The summed E-state index contributed by atoms with van der Waals surface area (Å²) in [5, 5.41) is 22.2. The second-order valence-corrected chi connectivity index (χ2v) is 4.63. The minimum atomic E-state index is -0.311. The van der Waals surface area contributed by atoms with Gasteiger partial charge in [0.15, 0.2) is 0 Å². The zero-order valence-electron chi connectivity index (χ0n) is 8.53. The van der Waals surface area contributed by atoms with E-state index in [1.807, 2.05) is 0 Å². The van der Waals surface area contributed by atoms with E-state index in [0.29, 0.717) is 5.33 Å². The van der Waals surface area contributed by atoms with Crippen molar-refractivity contribution in [2.75, 3.05) is 5.33 Å². The summed E-state index contributed by atoms with van der Waals surface area (Å²) in [7, 11) is 0. The molecule has 5 heteroatoms. The summed E-state index contributed by atoms with van der Waals surface area (Å²) in [6, 6.07) is 3.94. The van der Waals surface area contributed by atoms with Crippen LogP contribution in [0.5, 0.6) is 11.5 Å². The normalized spacial score (nSPS) is 16.8. The first-order chi connectivity index (χ1) is 7.56. The highest BCUT2D eigenvalue weighted by Crippen LogP contribution is 2.37. The van der Waals surface area contributed by atoms with E-state index >= 15 is 0 Å². The van der Waals surface area contributed by atoms with Crippen molar-refractivity contribution in [2.45, 2.75) is 18.4 Å². The Kier molecular flexibility index (Phi) is 2.80. The summed E-state index contributed by atoms with van der Waals surface area (Å²) in [4.78, 5) is 11.8. The van der Waals surface area contributed by atoms with Gasteiger partial charge in [-0.25, -0.2) is 0 Å². The van der Waals surface area contributed by atoms with Gasteiger partial charge in [0.05, 0.1) is 11.1 Å². The molecule has 1 saturated carbocycles. The number of benzene rings is 1. The standard InChI is InChI=1S/C11H12BrNO3/c12-6-11(3-4-11)13-10(16)8-2-1-7(14)5-9(8)15/h1-2,5,14-15H,3-4,6H2,(H,13,16). The van der Waals surface area contributed by atoms with E-state index < -0.39 is 0 Å². The molecular weight excluding hydrogens is 274 g/mol. The third-order valence-corrected chi connectivity index (χ3v) is 3.79. The summed E-state index contributed by atoms with van der Waals surface area (Å²) >= 11 is 3.35. The Balaban J connectivity index is 2.15. The number of hydrogen-bond acceptors (Lipinski definition) is 3. The van der Waals surface area contributed by atoms with Gasteiger partial charge in [-0.3, -0.25) is 4.79 Å². The van der Waals surface area contributed by atoms with E-state index in [2.05, 4.69) is 21.2 Å². The number of rotatable bonds is 3. The molecule has 1 aliphatic rings. The van der Waals surface area contributed by atoms with Crippen molar-refractivity contribution in [3.05, 3.63) is 23.8 Å². The van der Waals surface area contributed by atoms with Gasteiger partial charge < -0.3 is 15.5 Å². The fourth-order valence-corrected chi connectivity index (χ4v) is 2.16. The van der Waals surface area contributed by atoms with E-state index in [9.17, 15) is 9.90 Å². The molecule has 0 atom stereocenters. The molecular formula is C11H12BrNO3. The summed E-state index contributed by atoms with van der Waals surface area (Å²) in [6.45, 7) is 0. The highest BCUT2D eigenvalue weighted by Gasteiger charge is 2.43. The minimum absolute atomic E-state index is 0.0596. The number of aromatic hydroxyl groups is 2. The predicted molar refractivity (Wildman–Crippen MR) is 63.0 cm³/mol. The molecule has 0 saturated heterocycles. The molecule has 0 heterocycles. The van der Waals surface area contributed by atoms with Crippen molar-refractivity contribution in [1.82, 2.24) is 5.32 Å². The zero-order chi connectivity index (χ0) is 11.8. The van der Waals surface area contributed by atoms with E-state index in [1.54, 1.807) is 0 Å². The molecule has 4 nitrogen and oxygen atoms in total. The second-order valence-electron chi connectivity index (χ2n) is 4.07. The number of amides is 1. The van der Waals surface area contributed by atoms with Gasteiger partial charge in [0.25, 0.3) is 5.91 Å². The van der Waals surface area contributed by atoms with Crippen molar-refractivity contribution in [3.8, 4) is 11.5 Å². The van der Waals surface area contributed by atoms with Gasteiger partial charge in [-0.1, -0.05) is 15.9 Å². The minimum Gasteiger partial charge on any atom is -0.508 e. The van der Waals surface area contributed by atoms with Gasteiger partial charge in [0.2, 0.25) is 0 Å². The number of phenolic OH excluding ortho intramolecular Hbond substituents is 2. The molecule has 3 N–H and O–H groups in total. The summed E-state index contributed by atoms with van der Waals surface area (Å²) in [6.07, 6.45) is 1.89. The van der Waals surface area contributed by atoms with E-state index in [0.717, 1.165) is 18.9 Å². The SMILES string of the molecule is O=C(NC1(CBr)CC1)c1ccc(O)cc1O. The van der Waals surface area contributed by atoms with Gasteiger partial charge in [0, 0.05) is 11.4 Å². The van der Waals surface area contributed by atoms with Gasteiger partial charge in [-0.2, -0.15) is 0 Å². The number of carbonyl (C=O) groups excluding carboxylic acids is 1. The number of halogens is 1. The van der Waals surface area contributed by atoms with Crippen LogP contribution >= 0.6 is 15.9 Å². The molecule has 0 aromatic heterocycles. The molecule has 1 amide bonds. The Labute approximate surface area is 101 Å². The molecule has 0 radical (unpaired) electrons. The smallest absolute Gasteiger partial charge is 0.255 e. The number of carbonyl (C=O) groups is 1. The lowest BCUT2D eigenvalue weighted by Gasteiger charge is -2.14. The highest BCUT2D eigenvalue weighted by atomic mass is 79.9. The van der Waals surface area contributed by atoms with Gasteiger partial charge in [-0.15, -0.1) is 0 Å². The first kappa shape index (κ1) is 11.3. The maximum atomic E-state index is 11.8. The van der Waals surface area contributed by atoms with Crippen LogP contribution in [0, 0.1) is 0 Å². The molecule has 0 spiro atoms. The van der Waals surface area contributed by atoms with Gasteiger partial charge in [0.1, 0.15) is 11.5 Å². The highest BCUT2D eigenvalue weighted by molar-refractivity contribution is 9.09. The fourth-order valence-electron chi connectivity index (χ4n) is 1.46. The first-order valence-electron chi connectivity index (χ1n) is 4.97. The molecule has 0 bridgehead atoms. The molecule has 1 fully saturated rings. The van der Waals surface area contributed by atoms with Crippen LogP contribution in [0.3, 0.4) is 0 Å². The van der Waals surface area contributed by atoms with Crippen molar-refractivity contribution in [3.63, 3.8) is 0 Å². The molecule has 0 aliphatic heterocycles. The van der Waals surface area contributed by atoms with Crippen molar-refractivity contribution in [2.24, 2.45) is 0 Å². The van der Waals surface area contributed by atoms with E-state index in [-0.39, 0.29) is 28.5 Å². The number of alkyl halides is 1. The maximum absolute atomic E-state index is 11.8. The van der Waals surface area contributed by atoms with Crippen LogP contribution in [0.25, 0.3) is 0 Å². The third kappa shape index (κ3) is 2.14. The summed E-state index contributed by atoms with van der Waals surface area (Å²) in [5.74, 6) is -0.576. The van der Waals surface area contributed by atoms with Crippen LogP contribution in [-0.2, 0) is 0 Å². The lowest BCUT2D eigenvalue weighted by atomic mass is 10.1. The fraction of sp³-hybridized carbons (Fsp3) is 0.364. The molecule has 1 aromatic carbocycles. The topological polar surface area (TPSA) is 69.6 Å². The van der Waals surface area contributed by atoms with Crippen LogP contribution in [0.2, 0.25) is 0 Å². The lowest BCUT2D eigenvalue weighted by molar-refractivity contribution is 0.0934. The largest absolute Gasteiger partial charge is 0.508 e.